The summed E-state index contributed by atoms with van der Waals surface area (Å²) in [5.41, 5.74) is 0.985. The fourth-order valence-electron chi connectivity index (χ4n) is 2.17. The summed E-state index contributed by atoms with van der Waals surface area (Å²) in [5.74, 6) is 0. The van der Waals surface area contributed by atoms with Gasteiger partial charge in [-0.1, -0.05) is 25.1 Å². The highest BCUT2D eigenvalue weighted by Gasteiger charge is 2.16. The minimum absolute atomic E-state index is 0.164. The third-order valence-corrected chi connectivity index (χ3v) is 5.62. The Morgan fingerprint density at radius 3 is 2.67 bits per heavy atom. The lowest BCUT2D eigenvalue weighted by Crippen LogP contribution is -2.23. The van der Waals surface area contributed by atoms with Gasteiger partial charge in [0.15, 0.2) is 0 Å². The molecule has 1 unspecified atom stereocenters. The van der Waals surface area contributed by atoms with Gasteiger partial charge in [0, 0.05) is 17.5 Å². The van der Waals surface area contributed by atoms with Crippen LogP contribution in [0.4, 0.5) is 0 Å². The molecular weight excluding hydrogens is 304 g/mol. The number of benzene rings is 1. The third-order valence-electron chi connectivity index (χ3n) is 3.34. The van der Waals surface area contributed by atoms with Crippen molar-refractivity contribution in [3.8, 4) is 0 Å². The van der Waals surface area contributed by atoms with Gasteiger partial charge in [0.1, 0.15) is 0 Å². The molecule has 21 heavy (non-hydrogen) atoms. The van der Waals surface area contributed by atoms with Crippen molar-refractivity contribution in [2.75, 3.05) is 7.05 Å². The van der Waals surface area contributed by atoms with Gasteiger partial charge in [-0.3, -0.25) is 0 Å². The zero-order valence-electron chi connectivity index (χ0n) is 12.2. The lowest BCUT2D eigenvalue weighted by molar-refractivity contribution is 0.570. The van der Waals surface area contributed by atoms with E-state index in [0.29, 0.717) is 11.4 Å². The summed E-state index contributed by atoms with van der Waals surface area (Å²) in [5, 5.41) is 5.12. The van der Waals surface area contributed by atoms with Gasteiger partial charge in [-0.25, -0.2) is 13.1 Å². The summed E-state index contributed by atoms with van der Waals surface area (Å²) in [6.07, 6.45) is 0.905. The van der Waals surface area contributed by atoms with Crippen molar-refractivity contribution in [2.45, 2.75) is 30.8 Å². The molecule has 1 aromatic heterocycles. The molecule has 2 aromatic rings. The first-order valence-electron chi connectivity index (χ1n) is 6.86. The Hall–Kier alpha value is -1.21. The van der Waals surface area contributed by atoms with E-state index in [-0.39, 0.29) is 6.04 Å². The van der Waals surface area contributed by atoms with E-state index in [4.69, 9.17) is 0 Å². The van der Waals surface area contributed by atoms with Crippen molar-refractivity contribution in [3.05, 3.63) is 52.2 Å². The topological polar surface area (TPSA) is 58.2 Å². The van der Waals surface area contributed by atoms with E-state index in [0.717, 1.165) is 16.9 Å². The summed E-state index contributed by atoms with van der Waals surface area (Å²) >= 11 is 1.54. The Morgan fingerprint density at radius 1 is 1.24 bits per heavy atom. The Morgan fingerprint density at radius 2 is 2.05 bits per heavy atom. The molecule has 0 radical (unpaired) electrons. The maximum atomic E-state index is 12.4. The van der Waals surface area contributed by atoms with Crippen molar-refractivity contribution in [3.63, 3.8) is 0 Å². The molecule has 4 nitrogen and oxygen atoms in total. The van der Waals surface area contributed by atoms with Crippen LogP contribution < -0.4 is 10.0 Å². The largest absolute Gasteiger partial charge is 0.313 e. The Bertz CT molecular complexity index is 663. The van der Waals surface area contributed by atoms with Crippen LogP contribution in [0.5, 0.6) is 0 Å². The van der Waals surface area contributed by atoms with Crippen molar-refractivity contribution in [1.82, 2.24) is 10.0 Å². The van der Waals surface area contributed by atoms with E-state index in [1.807, 2.05) is 30.6 Å². The van der Waals surface area contributed by atoms with E-state index in [1.54, 1.807) is 18.2 Å². The predicted octanol–water partition coefficient (Wildman–Crippen LogP) is 2.90. The van der Waals surface area contributed by atoms with Crippen LogP contribution in [0.25, 0.3) is 0 Å². The predicted molar refractivity (Wildman–Crippen MR) is 86.9 cm³/mol. The zero-order valence-corrected chi connectivity index (χ0v) is 13.8. The number of hydrogen-bond acceptors (Lipinski definition) is 4. The van der Waals surface area contributed by atoms with Crippen LogP contribution in [0.1, 0.15) is 29.8 Å². The summed E-state index contributed by atoms with van der Waals surface area (Å²) in [6, 6.07) is 11.1. The second kappa shape index (κ2) is 7.17. The van der Waals surface area contributed by atoms with Crippen LogP contribution in [-0.2, 0) is 16.6 Å². The van der Waals surface area contributed by atoms with Gasteiger partial charge in [0.25, 0.3) is 0 Å². The molecule has 114 valence electrons. The number of nitrogens with one attached hydrogen (secondary N) is 2. The van der Waals surface area contributed by atoms with E-state index in [9.17, 15) is 8.42 Å². The van der Waals surface area contributed by atoms with Gasteiger partial charge in [0.05, 0.1) is 4.90 Å². The highest BCUT2D eigenvalue weighted by atomic mass is 32.2. The molecule has 0 spiro atoms. The molecule has 6 heteroatoms. The summed E-state index contributed by atoms with van der Waals surface area (Å²) in [4.78, 5) is 1.31. The fourth-order valence-corrected chi connectivity index (χ4v) is 3.96. The summed E-state index contributed by atoms with van der Waals surface area (Å²) < 4.78 is 27.3. The average molecular weight is 324 g/mol. The molecule has 1 aromatic carbocycles. The van der Waals surface area contributed by atoms with E-state index < -0.39 is 10.0 Å². The monoisotopic (exact) mass is 324 g/mol. The average Bonchev–Trinajstić information content (AvgIpc) is 3.00. The number of hydrogen-bond donors (Lipinski definition) is 2. The molecule has 0 aliphatic heterocycles. The lowest BCUT2D eigenvalue weighted by atomic mass is 10.1. The minimum atomic E-state index is -3.48. The van der Waals surface area contributed by atoms with Crippen molar-refractivity contribution < 1.29 is 8.42 Å². The third kappa shape index (κ3) is 4.14. The number of rotatable bonds is 7. The molecule has 1 heterocycles. The molecular formula is C15H20N2O2S2. The molecule has 0 amide bonds. The minimum Gasteiger partial charge on any atom is -0.313 e. The van der Waals surface area contributed by atoms with Gasteiger partial charge >= 0.3 is 0 Å². The molecule has 0 aliphatic carbocycles. The quantitative estimate of drug-likeness (QED) is 0.823. The zero-order chi connectivity index (χ0) is 15.3. The summed E-state index contributed by atoms with van der Waals surface area (Å²) in [6.45, 7) is 2.39. The van der Waals surface area contributed by atoms with Crippen LogP contribution in [0, 0.1) is 0 Å². The summed E-state index contributed by atoms with van der Waals surface area (Å²) in [7, 11) is -1.60. The lowest BCUT2D eigenvalue weighted by Gasteiger charge is -2.15. The van der Waals surface area contributed by atoms with Gasteiger partial charge in [0.2, 0.25) is 10.0 Å². The molecule has 0 bridgehead atoms. The molecule has 0 fully saturated rings. The van der Waals surface area contributed by atoms with Gasteiger partial charge < -0.3 is 5.32 Å². The van der Waals surface area contributed by atoms with Crippen LogP contribution in [0.2, 0.25) is 0 Å². The van der Waals surface area contributed by atoms with E-state index in [1.165, 1.54) is 11.3 Å². The van der Waals surface area contributed by atoms with E-state index >= 15 is 0 Å². The van der Waals surface area contributed by atoms with Crippen molar-refractivity contribution >= 4 is 21.4 Å². The second-order valence-electron chi connectivity index (χ2n) is 4.73. The van der Waals surface area contributed by atoms with Crippen LogP contribution in [0.3, 0.4) is 0 Å². The number of sulfonamides is 1. The first-order chi connectivity index (χ1) is 10.1. The molecule has 2 N–H and O–H groups in total. The van der Waals surface area contributed by atoms with Gasteiger partial charge in [-0.2, -0.15) is 0 Å². The SMILES string of the molecule is CCC(NC)c1cccc(S(=O)(=O)NCc2cccs2)c1. The Labute approximate surface area is 130 Å². The van der Waals surface area contributed by atoms with Crippen LogP contribution in [0.15, 0.2) is 46.7 Å². The highest BCUT2D eigenvalue weighted by molar-refractivity contribution is 7.89. The van der Waals surface area contributed by atoms with Gasteiger partial charge in [-0.05, 0) is 42.6 Å². The maximum Gasteiger partial charge on any atom is 0.240 e. The van der Waals surface area contributed by atoms with Gasteiger partial charge in [-0.15, -0.1) is 11.3 Å². The molecule has 1 atom stereocenters. The normalized spacial score (nSPS) is 13.2. The smallest absolute Gasteiger partial charge is 0.240 e. The number of thiophene rings is 1. The Kier molecular flexibility index (Phi) is 5.52. The molecule has 0 saturated heterocycles. The standard InChI is InChI=1S/C15H20N2O2S2/c1-3-15(16-2)12-6-4-8-14(10-12)21(18,19)17-11-13-7-5-9-20-13/h4-10,15-17H,3,11H2,1-2H3. The molecule has 0 saturated carbocycles. The fraction of sp³-hybridized carbons (Fsp3) is 0.333. The highest BCUT2D eigenvalue weighted by Crippen LogP contribution is 2.20. The first kappa shape index (κ1) is 16.2. The van der Waals surface area contributed by atoms with Crippen molar-refractivity contribution in [1.29, 1.82) is 0 Å². The van der Waals surface area contributed by atoms with Crippen LogP contribution in [-0.4, -0.2) is 15.5 Å². The first-order valence-corrected chi connectivity index (χ1v) is 9.22. The van der Waals surface area contributed by atoms with E-state index in [2.05, 4.69) is 17.0 Å². The second-order valence-corrected chi connectivity index (χ2v) is 7.53. The van der Waals surface area contributed by atoms with Crippen LogP contribution >= 0.6 is 11.3 Å². The Balaban J connectivity index is 2.17. The molecule has 0 aliphatic rings. The maximum absolute atomic E-state index is 12.4. The molecule has 2 rings (SSSR count). The van der Waals surface area contributed by atoms with Crippen molar-refractivity contribution in [2.24, 2.45) is 0 Å².